The predicted octanol–water partition coefficient (Wildman–Crippen LogP) is 3.38. The summed E-state index contributed by atoms with van der Waals surface area (Å²) < 4.78 is 0. The molecule has 0 bridgehead atoms. The van der Waals surface area contributed by atoms with Crippen LogP contribution in [0.4, 0.5) is 0 Å². The summed E-state index contributed by atoms with van der Waals surface area (Å²) in [6, 6.07) is 12.1. The smallest absolute Gasteiger partial charge is 0.0535 e. The Morgan fingerprint density at radius 3 is 2.68 bits per heavy atom. The van der Waals surface area contributed by atoms with Crippen LogP contribution in [0.15, 0.2) is 30.3 Å². The van der Waals surface area contributed by atoms with E-state index in [-0.39, 0.29) is 5.54 Å². The molecule has 1 heterocycles. The van der Waals surface area contributed by atoms with Crippen molar-refractivity contribution in [2.45, 2.75) is 58.2 Å². The minimum absolute atomic E-state index is 0.0791. The van der Waals surface area contributed by atoms with Crippen molar-refractivity contribution in [3.63, 3.8) is 0 Å². The highest BCUT2D eigenvalue weighted by Crippen LogP contribution is 2.28. The number of benzene rings is 1. The van der Waals surface area contributed by atoms with Crippen LogP contribution >= 0.6 is 0 Å². The van der Waals surface area contributed by atoms with Gasteiger partial charge in [0.05, 0.1) is 5.54 Å². The fourth-order valence-electron chi connectivity index (χ4n) is 3.24. The van der Waals surface area contributed by atoms with Crippen LogP contribution in [0.1, 0.15) is 46.1 Å². The summed E-state index contributed by atoms with van der Waals surface area (Å²) in [4.78, 5) is 2.67. The maximum Gasteiger partial charge on any atom is 0.0535 e. The van der Waals surface area contributed by atoms with E-state index in [1.165, 1.54) is 18.4 Å². The number of piperazine rings is 1. The first-order valence-electron chi connectivity index (χ1n) is 7.63. The highest BCUT2D eigenvalue weighted by molar-refractivity contribution is 5.25. The van der Waals surface area contributed by atoms with Crippen LogP contribution < -0.4 is 5.32 Å². The second-order valence-electron chi connectivity index (χ2n) is 6.24. The molecule has 3 unspecified atom stereocenters. The predicted molar refractivity (Wildman–Crippen MR) is 82.3 cm³/mol. The molecule has 0 aliphatic carbocycles. The first kappa shape index (κ1) is 14.5. The summed E-state index contributed by atoms with van der Waals surface area (Å²) in [6.07, 6.45) is 2.55. The van der Waals surface area contributed by atoms with Gasteiger partial charge in [-0.1, -0.05) is 43.7 Å². The topological polar surface area (TPSA) is 15.3 Å². The van der Waals surface area contributed by atoms with Crippen molar-refractivity contribution in [3.8, 4) is 0 Å². The van der Waals surface area contributed by atoms with E-state index in [9.17, 15) is 0 Å². The van der Waals surface area contributed by atoms with E-state index >= 15 is 0 Å². The molecule has 19 heavy (non-hydrogen) atoms. The van der Waals surface area contributed by atoms with Gasteiger partial charge in [0.1, 0.15) is 0 Å². The molecule has 0 radical (unpaired) electrons. The molecule has 0 spiro atoms. The molecule has 1 aliphatic rings. The standard InChI is InChI=1S/C17H28N2/c1-5-9-14(2)19-13-17(4,18-12-15(19)3)16-10-7-6-8-11-16/h6-8,10-11,14-15,18H,5,9,12-13H2,1-4H3. The Bertz CT molecular complexity index is 390. The number of nitrogens with one attached hydrogen (secondary N) is 1. The van der Waals surface area contributed by atoms with Gasteiger partial charge in [-0.2, -0.15) is 0 Å². The van der Waals surface area contributed by atoms with Crippen molar-refractivity contribution in [1.29, 1.82) is 0 Å². The zero-order chi connectivity index (χ0) is 13.9. The molecule has 1 aromatic rings. The molecule has 1 fully saturated rings. The van der Waals surface area contributed by atoms with Gasteiger partial charge in [0.25, 0.3) is 0 Å². The molecule has 0 saturated carbocycles. The Kier molecular flexibility index (Phi) is 4.64. The second-order valence-corrected chi connectivity index (χ2v) is 6.24. The number of nitrogens with zero attached hydrogens (tertiary/aromatic N) is 1. The third kappa shape index (κ3) is 3.18. The lowest BCUT2D eigenvalue weighted by molar-refractivity contribution is 0.0570. The fourth-order valence-corrected chi connectivity index (χ4v) is 3.24. The SMILES string of the molecule is CCCC(C)N1CC(C)(c2ccccc2)NCC1C. The Morgan fingerprint density at radius 1 is 1.37 bits per heavy atom. The lowest BCUT2D eigenvalue weighted by atomic mass is 9.87. The van der Waals surface area contributed by atoms with Gasteiger partial charge in [0, 0.05) is 25.2 Å². The Hall–Kier alpha value is -0.860. The van der Waals surface area contributed by atoms with Crippen molar-refractivity contribution in [3.05, 3.63) is 35.9 Å². The largest absolute Gasteiger partial charge is 0.305 e. The minimum Gasteiger partial charge on any atom is -0.305 e. The molecule has 1 aliphatic heterocycles. The van der Waals surface area contributed by atoms with E-state index < -0.39 is 0 Å². The van der Waals surface area contributed by atoms with Gasteiger partial charge < -0.3 is 5.32 Å². The maximum atomic E-state index is 3.75. The number of rotatable bonds is 4. The average molecular weight is 260 g/mol. The lowest BCUT2D eigenvalue weighted by Crippen LogP contribution is -2.62. The third-order valence-electron chi connectivity index (χ3n) is 4.54. The van der Waals surface area contributed by atoms with Crippen molar-refractivity contribution in [2.75, 3.05) is 13.1 Å². The Balaban J connectivity index is 2.16. The minimum atomic E-state index is 0.0791. The van der Waals surface area contributed by atoms with Gasteiger partial charge >= 0.3 is 0 Å². The summed E-state index contributed by atoms with van der Waals surface area (Å²) in [5, 5.41) is 3.75. The molecule has 106 valence electrons. The van der Waals surface area contributed by atoms with Gasteiger partial charge in [-0.25, -0.2) is 0 Å². The van der Waals surface area contributed by atoms with Crippen LogP contribution in [0.3, 0.4) is 0 Å². The van der Waals surface area contributed by atoms with Gasteiger partial charge in [-0.3, -0.25) is 4.90 Å². The monoisotopic (exact) mass is 260 g/mol. The molecule has 2 rings (SSSR count). The van der Waals surface area contributed by atoms with Gasteiger partial charge in [-0.05, 0) is 32.8 Å². The molecule has 1 aromatic carbocycles. The highest BCUT2D eigenvalue weighted by Gasteiger charge is 2.36. The highest BCUT2D eigenvalue weighted by atomic mass is 15.3. The van der Waals surface area contributed by atoms with E-state index in [0.717, 1.165) is 13.1 Å². The van der Waals surface area contributed by atoms with E-state index in [4.69, 9.17) is 0 Å². The van der Waals surface area contributed by atoms with E-state index in [1.807, 2.05) is 0 Å². The zero-order valence-corrected chi connectivity index (χ0v) is 12.8. The van der Waals surface area contributed by atoms with E-state index in [2.05, 4.69) is 68.2 Å². The first-order valence-corrected chi connectivity index (χ1v) is 7.63. The summed E-state index contributed by atoms with van der Waals surface area (Å²) in [6.45, 7) is 11.5. The van der Waals surface area contributed by atoms with Crippen LogP contribution in [0.2, 0.25) is 0 Å². The Morgan fingerprint density at radius 2 is 2.05 bits per heavy atom. The molecule has 0 amide bonds. The van der Waals surface area contributed by atoms with Crippen LogP contribution in [0.5, 0.6) is 0 Å². The molecular weight excluding hydrogens is 232 g/mol. The number of hydrogen-bond donors (Lipinski definition) is 1. The normalized spacial score (nSPS) is 30.2. The van der Waals surface area contributed by atoms with Gasteiger partial charge in [0.15, 0.2) is 0 Å². The van der Waals surface area contributed by atoms with Crippen molar-refractivity contribution >= 4 is 0 Å². The first-order chi connectivity index (χ1) is 9.07. The maximum absolute atomic E-state index is 3.75. The molecule has 2 nitrogen and oxygen atoms in total. The molecule has 3 atom stereocenters. The molecular formula is C17H28N2. The lowest BCUT2D eigenvalue weighted by Gasteiger charge is -2.48. The van der Waals surface area contributed by atoms with Crippen molar-refractivity contribution in [2.24, 2.45) is 0 Å². The molecule has 1 N–H and O–H groups in total. The molecule has 1 saturated heterocycles. The van der Waals surface area contributed by atoms with E-state index in [0.29, 0.717) is 12.1 Å². The van der Waals surface area contributed by atoms with Crippen molar-refractivity contribution < 1.29 is 0 Å². The molecule has 0 aromatic heterocycles. The van der Waals surface area contributed by atoms with Gasteiger partial charge in [0.2, 0.25) is 0 Å². The quantitative estimate of drug-likeness (QED) is 0.893. The van der Waals surface area contributed by atoms with Crippen LogP contribution in [0.25, 0.3) is 0 Å². The fraction of sp³-hybridized carbons (Fsp3) is 0.647. The van der Waals surface area contributed by atoms with E-state index in [1.54, 1.807) is 0 Å². The average Bonchev–Trinajstić information content (AvgIpc) is 2.43. The summed E-state index contributed by atoms with van der Waals surface area (Å²) >= 11 is 0. The number of hydrogen-bond acceptors (Lipinski definition) is 2. The zero-order valence-electron chi connectivity index (χ0n) is 12.8. The second kappa shape index (κ2) is 6.06. The third-order valence-corrected chi connectivity index (χ3v) is 4.54. The molecule has 2 heteroatoms. The summed E-state index contributed by atoms with van der Waals surface area (Å²) in [7, 11) is 0. The summed E-state index contributed by atoms with van der Waals surface area (Å²) in [5.74, 6) is 0. The van der Waals surface area contributed by atoms with Crippen LogP contribution in [-0.4, -0.2) is 30.1 Å². The van der Waals surface area contributed by atoms with Crippen LogP contribution in [0, 0.1) is 0 Å². The summed E-state index contributed by atoms with van der Waals surface area (Å²) in [5.41, 5.74) is 1.48. The van der Waals surface area contributed by atoms with Gasteiger partial charge in [-0.15, -0.1) is 0 Å². The van der Waals surface area contributed by atoms with Crippen LogP contribution in [-0.2, 0) is 5.54 Å². The Labute approximate surface area is 118 Å². The van der Waals surface area contributed by atoms with Crippen molar-refractivity contribution in [1.82, 2.24) is 10.2 Å².